The van der Waals surface area contributed by atoms with E-state index in [1.54, 1.807) is 43.3 Å². The van der Waals surface area contributed by atoms with Crippen LogP contribution < -0.4 is 14.4 Å². The predicted molar refractivity (Wildman–Crippen MR) is 168 cm³/mol. The Labute approximate surface area is 262 Å². The molecule has 3 aromatic rings. The molecule has 0 saturated carbocycles. The molecule has 0 saturated heterocycles. The average Bonchev–Trinajstić information content (AvgIpc) is 2.92. The SMILES string of the molecule is CCC(C(=O)NC(C)(C)C)N(Cc1c(Cl)cccc1Cl)C(=O)CN(c1cccc(Cl)c1)S(=O)(=O)c1ccc(OC)cc1. The summed E-state index contributed by atoms with van der Waals surface area (Å²) in [4.78, 5) is 28.9. The fourth-order valence-electron chi connectivity index (χ4n) is 4.26. The van der Waals surface area contributed by atoms with E-state index in [1.165, 1.54) is 42.3 Å². The third-order valence-electron chi connectivity index (χ3n) is 6.30. The minimum Gasteiger partial charge on any atom is -0.497 e. The molecule has 1 unspecified atom stereocenters. The van der Waals surface area contributed by atoms with Gasteiger partial charge in [-0.25, -0.2) is 8.42 Å². The number of nitrogens with zero attached hydrogens (tertiary/aromatic N) is 2. The number of anilines is 1. The zero-order valence-electron chi connectivity index (χ0n) is 24.0. The van der Waals surface area contributed by atoms with Gasteiger partial charge < -0.3 is 15.0 Å². The maximum atomic E-state index is 14.2. The number of halogens is 3. The topological polar surface area (TPSA) is 96.0 Å². The van der Waals surface area contributed by atoms with E-state index in [4.69, 9.17) is 39.5 Å². The molecular weight excluding hydrogens is 621 g/mol. The van der Waals surface area contributed by atoms with Gasteiger partial charge in [0.1, 0.15) is 18.3 Å². The molecule has 0 bridgehead atoms. The molecule has 0 heterocycles. The van der Waals surface area contributed by atoms with Gasteiger partial charge in [0.15, 0.2) is 0 Å². The van der Waals surface area contributed by atoms with Gasteiger partial charge in [0, 0.05) is 32.7 Å². The Morgan fingerprint density at radius 2 is 1.55 bits per heavy atom. The largest absolute Gasteiger partial charge is 0.497 e. The number of hydrogen-bond acceptors (Lipinski definition) is 5. The van der Waals surface area contributed by atoms with Crippen molar-refractivity contribution in [3.63, 3.8) is 0 Å². The van der Waals surface area contributed by atoms with Crippen LogP contribution in [0.4, 0.5) is 5.69 Å². The normalized spacial score (nSPS) is 12.4. The lowest BCUT2D eigenvalue weighted by molar-refractivity contribution is -0.141. The lowest BCUT2D eigenvalue weighted by Crippen LogP contribution is -2.55. The van der Waals surface area contributed by atoms with E-state index in [1.807, 2.05) is 20.8 Å². The first-order valence-corrected chi connectivity index (χ1v) is 15.7. The van der Waals surface area contributed by atoms with Gasteiger partial charge in [0.25, 0.3) is 10.0 Å². The minimum atomic E-state index is -4.28. The van der Waals surface area contributed by atoms with Crippen LogP contribution >= 0.6 is 34.8 Å². The van der Waals surface area contributed by atoms with E-state index in [9.17, 15) is 18.0 Å². The van der Waals surface area contributed by atoms with Gasteiger partial charge in [0.2, 0.25) is 11.8 Å². The number of sulfonamides is 1. The Balaban J connectivity index is 2.12. The molecule has 3 rings (SSSR count). The van der Waals surface area contributed by atoms with E-state index in [-0.39, 0.29) is 28.6 Å². The Kier molecular flexibility index (Phi) is 11.2. The van der Waals surface area contributed by atoms with Crippen LogP contribution in [0.2, 0.25) is 15.1 Å². The summed E-state index contributed by atoms with van der Waals surface area (Å²) in [6, 6.07) is 16.0. The lowest BCUT2D eigenvalue weighted by atomic mass is 10.1. The number of rotatable bonds is 11. The summed E-state index contributed by atoms with van der Waals surface area (Å²) in [6.07, 6.45) is 0.248. The summed E-state index contributed by atoms with van der Waals surface area (Å²) in [5, 5.41) is 3.82. The van der Waals surface area contributed by atoms with Gasteiger partial charge in [0.05, 0.1) is 17.7 Å². The van der Waals surface area contributed by atoms with Crippen molar-refractivity contribution in [3.8, 4) is 5.75 Å². The molecule has 12 heteroatoms. The van der Waals surface area contributed by atoms with Crippen molar-refractivity contribution in [2.24, 2.45) is 0 Å². The van der Waals surface area contributed by atoms with Crippen LogP contribution in [0.15, 0.2) is 71.6 Å². The van der Waals surface area contributed by atoms with E-state index in [0.717, 1.165) is 4.31 Å². The molecule has 0 radical (unpaired) electrons. The summed E-state index contributed by atoms with van der Waals surface area (Å²) < 4.78 is 34.1. The second-order valence-corrected chi connectivity index (χ2v) is 13.7. The van der Waals surface area contributed by atoms with Crippen molar-refractivity contribution < 1.29 is 22.7 Å². The summed E-state index contributed by atoms with van der Waals surface area (Å²) in [7, 11) is -2.80. The third-order valence-corrected chi connectivity index (χ3v) is 9.03. The fourth-order valence-corrected chi connectivity index (χ4v) is 6.37. The molecule has 0 aliphatic heterocycles. The summed E-state index contributed by atoms with van der Waals surface area (Å²) in [5.41, 5.74) is 0.0318. The first kappa shape index (κ1) is 33.5. The molecule has 2 amide bonds. The lowest BCUT2D eigenvalue weighted by Gasteiger charge is -2.35. The summed E-state index contributed by atoms with van der Waals surface area (Å²) in [6.45, 7) is 6.50. The van der Waals surface area contributed by atoms with Gasteiger partial charge in [-0.2, -0.15) is 0 Å². The number of methoxy groups -OCH3 is 1. The predicted octanol–water partition coefficient (Wildman–Crippen LogP) is 6.57. The van der Waals surface area contributed by atoms with Crippen molar-refractivity contribution in [2.45, 2.75) is 57.1 Å². The highest BCUT2D eigenvalue weighted by Crippen LogP contribution is 2.30. The summed E-state index contributed by atoms with van der Waals surface area (Å²) in [5.74, 6) is -0.564. The highest BCUT2D eigenvalue weighted by Gasteiger charge is 2.35. The van der Waals surface area contributed by atoms with E-state index >= 15 is 0 Å². The van der Waals surface area contributed by atoms with Crippen LogP contribution in [0.1, 0.15) is 39.7 Å². The van der Waals surface area contributed by atoms with Crippen LogP contribution in [0.3, 0.4) is 0 Å². The molecule has 42 heavy (non-hydrogen) atoms. The molecule has 3 aromatic carbocycles. The standard InChI is InChI=1S/C30H34Cl3N3O5S/c1-6-27(29(38)34-30(2,3)4)35(18-24-25(32)11-8-12-26(24)33)28(37)19-36(21-10-7-9-20(31)17-21)42(39,40)23-15-13-22(41-5)14-16-23/h7-17,27H,6,18-19H2,1-5H3,(H,34,38). The highest BCUT2D eigenvalue weighted by molar-refractivity contribution is 7.92. The molecule has 0 aromatic heterocycles. The van der Waals surface area contributed by atoms with E-state index in [2.05, 4.69) is 5.32 Å². The molecule has 0 aliphatic rings. The van der Waals surface area contributed by atoms with Crippen LogP contribution in [0.25, 0.3) is 0 Å². The number of nitrogens with one attached hydrogen (secondary N) is 1. The zero-order chi connectivity index (χ0) is 31.2. The Hall–Kier alpha value is -2.98. The van der Waals surface area contributed by atoms with Crippen molar-refractivity contribution in [1.29, 1.82) is 0 Å². The first-order chi connectivity index (χ1) is 19.7. The monoisotopic (exact) mass is 653 g/mol. The molecule has 0 fully saturated rings. The summed E-state index contributed by atoms with van der Waals surface area (Å²) >= 11 is 19.1. The van der Waals surface area contributed by atoms with Crippen molar-refractivity contribution >= 4 is 62.3 Å². The number of amides is 2. The van der Waals surface area contributed by atoms with Crippen molar-refractivity contribution in [3.05, 3.63) is 87.4 Å². The van der Waals surface area contributed by atoms with Crippen LogP contribution in [-0.4, -0.2) is 50.4 Å². The second kappa shape index (κ2) is 14.0. The van der Waals surface area contributed by atoms with E-state index in [0.29, 0.717) is 21.4 Å². The van der Waals surface area contributed by atoms with E-state index < -0.39 is 40.0 Å². The number of ether oxygens (including phenoxy) is 1. The molecule has 1 N–H and O–H groups in total. The Morgan fingerprint density at radius 1 is 0.952 bits per heavy atom. The van der Waals surface area contributed by atoms with Gasteiger partial charge in [-0.3, -0.25) is 13.9 Å². The number of benzene rings is 3. The minimum absolute atomic E-state index is 0.0608. The van der Waals surface area contributed by atoms with Crippen LogP contribution in [0.5, 0.6) is 5.75 Å². The molecule has 0 spiro atoms. The van der Waals surface area contributed by atoms with Gasteiger partial charge in [-0.05, 0) is 81.8 Å². The molecule has 1 atom stereocenters. The Morgan fingerprint density at radius 3 is 2.07 bits per heavy atom. The second-order valence-electron chi connectivity index (χ2n) is 10.6. The molecule has 8 nitrogen and oxygen atoms in total. The maximum absolute atomic E-state index is 14.2. The number of carbonyl (C=O) groups excluding carboxylic acids is 2. The zero-order valence-corrected chi connectivity index (χ0v) is 27.1. The smallest absolute Gasteiger partial charge is 0.264 e. The molecule has 0 aliphatic carbocycles. The molecule has 226 valence electrons. The van der Waals surface area contributed by atoms with Crippen molar-refractivity contribution in [2.75, 3.05) is 18.0 Å². The van der Waals surface area contributed by atoms with Gasteiger partial charge in [-0.15, -0.1) is 0 Å². The quantitative estimate of drug-likeness (QED) is 0.252. The number of hydrogen-bond donors (Lipinski definition) is 1. The number of carbonyl (C=O) groups is 2. The average molecular weight is 655 g/mol. The Bertz CT molecular complexity index is 1510. The van der Waals surface area contributed by atoms with Crippen LogP contribution in [0, 0.1) is 0 Å². The highest BCUT2D eigenvalue weighted by atomic mass is 35.5. The van der Waals surface area contributed by atoms with Crippen molar-refractivity contribution in [1.82, 2.24) is 10.2 Å². The first-order valence-electron chi connectivity index (χ1n) is 13.1. The third kappa shape index (κ3) is 8.31. The maximum Gasteiger partial charge on any atom is 0.264 e. The molecular formula is C30H34Cl3N3O5S. The fraction of sp³-hybridized carbons (Fsp3) is 0.333. The van der Waals surface area contributed by atoms with Gasteiger partial charge >= 0.3 is 0 Å². The van der Waals surface area contributed by atoms with Crippen LogP contribution in [-0.2, 0) is 26.2 Å². The van der Waals surface area contributed by atoms with Gasteiger partial charge in [-0.1, -0.05) is 53.9 Å².